The summed E-state index contributed by atoms with van der Waals surface area (Å²) in [6.45, 7) is 5.77. The van der Waals surface area contributed by atoms with Crippen LogP contribution in [-0.2, 0) is 7.05 Å². The standard InChI is InChI=1S/C21H22FN7O/c1-12-19(15-6-8-16(22)9-7-15)27-28(4)21(12)25-17-10-18(24-11-23-17)29-14(3)20(30-5)13(2)26-29/h6-11H,1-5H3,(H,23,24,25). The smallest absolute Gasteiger partial charge is 0.163 e. The minimum atomic E-state index is -0.278. The molecule has 0 aliphatic carbocycles. The van der Waals surface area contributed by atoms with Crippen LogP contribution in [0.3, 0.4) is 0 Å². The van der Waals surface area contributed by atoms with Gasteiger partial charge < -0.3 is 10.1 Å². The minimum absolute atomic E-state index is 0.278. The molecule has 0 radical (unpaired) electrons. The predicted molar refractivity (Wildman–Crippen MR) is 112 cm³/mol. The highest BCUT2D eigenvalue weighted by atomic mass is 19.1. The van der Waals surface area contributed by atoms with Gasteiger partial charge in [0.2, 0.25) is 0 Å². The molecule has 0 aliphatic heterocycles. The van der Waals surface area contributed by atoms with Crippen LogP contribution in [0.5, 0.6) is 5.75 Å². The lowest BCUT2D eigenvalue weighted by Crippen LogP contribution is -2.06. The van der Waals surface area contributed by atoms with E-state index in [0.717, 1.165) is 39.8 Å². The molecule has 1 N–H and O–H groups in total. The van der Waals surface area contributed by atoms with Crippen molar-refractivity contribution in [1.29, 1.82) is 0 Å². The molecule has 0 aliphatic rings. The molecule has 3 heterocycles. The van der Waals surface area contributed by atoms with Crippen molar-refractivity contribution in [2.24, 2.45) is 7.05 Å². The van der Waals surface area contributed by atoms with E-state index in [1.165, 1.54) is 18.5 Å². The molecule has 0 fully saturated rings. The van der Waals surface area contributed by atoms with Crippen molar-refractivity contribution in [3.05, 3.63) is 59.4 Å². The van der Waals surface area contributed by atoms with Gasteiger partial charge in [-0.1, -0.05) is 0 Å². The summed E-state index contributed by atoms with van der Waals surface area (Å²) in [4.78, 5) is 8.67. The Bertz CT molecular complexity index is 1210. The number of ether oxygens (including phenoxy) is 1. The Morgan fingerprint density at radius 1 is 1.03 bits per heavy atom. The molecule has 0 amide bonds. The van der Waals surface area contributed by atoms with Crippen LogP contribution in [-0.4, -0.2) is 36.6 Å². The predicted octanol–water partition coefficient (Wildman–Crippen LogP) is 3.88. The fourth-order valence-corrected chi connectivity index (χ4v) is 3.49. The van der Waals surface area contributed by atoms with Crippen LogP contribution in [0, 0.1) is 26.6 Å². The third kappa shape index (κ3) is 3.38. The van der Waals surface area contributed by atoms with E-state index in [0.29, 0.717) is 11.6 Å². The number of benzene rings is 1. The Labute approximate surface area is 173 Å². The lowest BCUT2D eigenvalue weighted by atomic mass is 10.1. The maximum Gasteiger partial charge on any atom is 0.163 e. The monoisotopic (exact) mass is 407 g/mol. The van der Waals surface area contributed by atoms with E-state index in [-0.39, 0.29) is 5.82 Å². The van der Waals surface area contributed by atoms with E-state index in [1.54, 1.807) is 28.6 Å². The van der Waals surface area contributed by atoms with Crippen molar-refractivity contribution >= 4 is 11.6 Å². The number of nitrogens with one attached hydrogen (secondary N) is 1. The Morgan fingerprint density at radius 3 is 2.43 bits per heavy atom. The van der Waals surface area contributed by atoms with Crippen LogP contribution in [0.4, 0.5) is 16.0 Å². The number of hydrogen-bond donors (Lipinski definition) is 1. The lowest BCUT2D eigenvalue weighted by molar-refractivity contribution is 0.408. The second-order valence-electron chi connectivity index (χ2n) is 6.96. The first-order valence-electron chi connectivity index (χ1n) is 9.38. The maximum absolute atomic E-state index is 13.3. The summed E-state index contributed by atoms with van der Waals surface area (Å²) >= 11 is 0. The molecule has 154 valence electrons. The van der Waals surface area contributed by atoms with Gasteiger partial charge in [-0.05, 0) is 45.0 Å². The van der Waals surface area contributed by atoms with Crippen LogP contribution in [0.25, 0.3) is 17.1 Å². The summed E-state index contributed by atoms with van der Waals surface area (Å²) < 4.78 is 22.1. The highest BCUT2D eigenvalue weighted by Crippen LogP contribution is 2.30. The molecule has 0 saturated carbocycles. The van der Waals surface area contributed by atoms with Crippen LogP contribution < -0.4 is 10.1 Å². The summed E-state index contributed by atoms with van der Waals surface area (Å²) in [5.41, 5.74) is 4.19. The average Bonchev–Trinajstić information content (AvgIpc) is 3.18. The number of aryl methyl sites for hydroxylation is 2. The van der Waals surface area contributed by atoms with Crippen molar-refractivity contribution in [3.8, 4) is 22.8 Å². The fourth-order valence-electron chi connectivity index (χ4n) is 3.49. The molecule has 0 bridgehead atoms. The van der Waals surface area contributed by atoms with Crippen LogP contribution in [0.15, 0.2) is 36.7 Å². The van der Waals surface area contributed by atoms with Gasteiger partial charge >= 0.3 is 0 Å². The Morgan fingerprint density at radius 2 is 1.77 bits per heavy atom. The number of hydrogen-bond acceptors (Lipinski definition) is 6. The van der Waals surface area contributed by atoms with E-state index in [4.69, 9.17) is 4.74 Å². The lowest BCUT2D eigenvalue weighted by Gasteiger charge is -2.09. The molecule has 9 heteroatoms. The van der Waals surface area contributed by atoms with Gasteiger partial charge in [0.25, 0.3) is 0 Å². The Hall–Kier alpha value is -3.75. The van der Waals surface area contributed by atoms with Gasteiger partial charge in [0.15, 0.2) is 11.6 Å². The molecule has 8 nitrogen and oxygen atoms in total. The van der Waals surface area contributed by atoms with Crippen LogP contribution in [0.1, 0.15) is 17.0 Å². The second-order valence-corrected chi connectivity index (χ2v) is 6.96. The Balaban J connectivity index is 1.68. The minimum Gasteiger partial charge on any atom is -0.493 e. The fraction of sp³-hybridized carbons (Fsp3) is 0.238. The normalized spacial score (nSPS) is 11.0. The quantitative estimate of drug-likeness (QED) is 0.541. The van der Waals surface area contributed by atoms with Crippen molar-refractivity contribution in [2.45, 2.75) is 20.8 Å². The summed E-state index contributed by atoms with van der Waals surface area (Å²) in [5, 5.41) is 12.4. The number of methoxy groups -OCH3 is 1. The van der Waals surface area contributed by atoms with E-state index >= 15 is 0 Å². The van der Waals surface area contributed by atoms with Gasteiger partial charge in [-0.3, -0.25) is 4.68 Å². The molecule has 0 spiro atoms. The number of halogens is 1. The first-order valence-corrected chi connectivity index (χ1v) is 9.38. The van der Waals surface area contributed by atoms with E-state index in [2.05, 4.69) is 25.5 Å². The molecule has 0 atom stereocenters. The molecule has 1 aromatic carbocycles. The van der Waals surface area contributed by atoms with Crippen LogP contribution in [0.2, 0.25) is 0 Å². The third-order valence-electron chi connectivity index (χ3n) is 4.95. The average molecular weight is 407 g/mol. The largest absolute Gasteiger partial charge is 0.493 e. The summed E-state index contributed by atoms with van der Waals surface area (Å²) in [5.74, 6) is 2.46. The number of anilines is 2. The molecule has 30 heavy (non-hydrogen) atoms. The number of aromatic nitrogens is 6. The SMILES string of the molecule is COc1c(C)nn(-c2cc(Nc3c(C)c(-c4ccc(F)cc4)nn3C)ncn2)c1C. The van der Waals surface area contributed by atoms with Crippen molar-refractivity contribution in [3.63, 3.8) is 0 Å². The summed E-state index contributed by atoms with van der Waals surface area (Å²) in [6.07, 6.45) is 1.48. The van der Waals surface area contributed by atoms with E-state index < -0.39 is 0 Å². The van der Waals surface area contributed by atoms with E-state index in [9.17, 15) is 4.39 Å². The molecule has 4 aromatic rings. The first kappa shape index (κ1) is 19.6. The van der Waals surface area contributed by atoms with Gasteiger partial charge in [-0.15, -0.1) is 0 Å². The van der Waals surface area contributed by atoms with Crippen molar-refractivity contribution < 1.29 is 9.13 Å². The molecular formula is C21H22FN7O. The molecule has 0 saturated heterocycles. The van der Waals surface area contributed by atoms with E-state index in [1.807, 2.05) is 33.9 Å². The van der Waals surface area contributed by atoms with Gasteiger partial charge in [0, 0.05) is 24.2 Å². The van der Waals surface area contributed by atoms with Gasteiger partial charge in [-0.2, -0.15) is 10.2 Å². The van der Waals surface area contributed by atoms with Crippen LogP contribution >= 0.6 is 0 Å². The first-order chi connectivity index (χ1) is 14.4. The molecule has 3 aromatic heterocycles. The summed E-state index contributed by atoms with van der Waals surface area (Å²) in [7, 11) is 3.47. The molecule has 0 unspecified atom stereocenters. The number of rotatable bonds is 5. The third-order valence-corrected chi connectivity index (χ3v) is 4.95. The second kappa shape index (κ2) is 7.58. The Kier molecular flexibility index (Phi) is 4.94. The maximum atomic E-state index is 13.3. The van der Waals surface area contributed by atoms with Gasteiger partial charge in [0.05, 0.1) is 18.5 Å². The zero-order valence-corrected chi connectivity index (χ0v) is 17.4. The van der Waals surface area contributed by atoms with Crippen molar-refractivity contribution in [1.82, 2.24) is 29.5 Å². The van der Waals surface area contributed by atoms with Crippen molar-refractivity contribution in [2.75, 3.05) is 12.4 Å². The topological polar surface area (TPSA) is 82.7 Å². The van der Waals surface area contributed by atoms with Gasteiger partial charge in [-0.25, -0.2) is 19.0 Å². The zero-order chi connectivity index (χ0) is 21.4. The summed E-state index contributed by atoms with van der Waals surface area (Å²) in [6, 6.07) is 8.09. The number of nitrogens with zero attached hydrogens (tertiary/aromatic N) is 6. The van der Waals surface area contributed by atoms with Gasteiger partial charge in [0.1, 0.15) is 29.5 Å². The zero-order valence-electron chi connectivity index (χ0n) is 17.4. The molecule has 4 rings (SSSR count). The highest BCUT2D eigenvalue weighted by molar-refractivity contribution is 5.71. The molecular weight excluding hydrogens is 385 g/mol. The highest BCUT2D eigenvalue weighted by Gasteiger charge is 2.17.